The number of carbonyl (C=O) groups excluding carboxylic acids is 1. The quantitative estimate of drug-likeness (QED) is 0.389. The van der Waals surface area contributed by atoms with Crippen LogP contribution in [-0.4, -0.2) is 31.2 Å². The Hall–Kier alpha value is -2.70. The molecule has 1 saturated heterocycles. The van der Waals surface area contributed by atoms with Crippen molar-refractivity contribution in [3.63, 3.8) is 0 Å². The molecule has 1 aliphatic heterocycles. The first-order chi connectivity index (χ1) is 14.5. The lowest BCUT2D eigenvalue weighted by molar-refractivity contribution is -0.122. The van der Waals surface area contributed by atoms with E-state index in [-0.39, 0.29) is 5.91 Å². The van der Waals surface area contributed by atoms with E-state index in [4.69, 9.17) is 12.2 Å². The van der Waals surface area contributed by atoms with Gasteiger partial charge in [0.1, 0.15) is 4.32 Å². The van der Waals surface area contributed by atoms with E-state index in [1.807, 2.05) is 42.6 Å². The van der Waals surface area contributed by atoms with E-state index in [0.717, 1.165) is 35.5 Å². The number of rotatable bonds is 6. The molecule has 0 saturated carbocycles. The van der Waals surface area contributed by atoms with E-state index < -0.39 is 0 Å². The van der Waals surface area contributed by atoms with Crippen LogP contribution in [0.5, 0.6) is 0 Å². The molecular weight excluding hydrogens is 410 g/mol. The van der Waals surface area contributed by atoms with Gasteiger partial charge in [-0.1, -0.05) is 54.3 Å². The van der Waals surface area contributed by atoms with Gasteiger partial charge in [0.15, 0.2) is 0 Å². The summed E-state index contributed by atoms with van der Waals surface area (Å²) in [5.74, 6) is 0.00393. The lowest BCUT2D eigenvalue weighted by atomic mass is 10.1. The summed E-state index contributed by atoms with van der Waals surface area (Å²) in [5.41, 5.74) is 5.50. The van der Waals surface area contributed by atoms with Gasteiger partial charge in [-0.05, 0) is 62.1 Å². The molecule has 0 spiro atoms. The summed E-state index contributed by atoms with van der Waals surface area (Å²) in [6.07, 6.45) is 7.39. The molecule has 0 atom stereocenters. The molecule has 30 heavy (non-hydrogen) atoms. The number of aryl methyl sites for hydroxylation is 2. The van der Waals surface area contributed by atoms with Crippen LogP contribution in [0.3, 0.4) is 0 Å². The van der Waals surface area contributed by atoms with Gasteiger partial charge in [-0.15, -0.1) is 0 Å². The van der Waals surface area contributed by atoms with Crippen molar-refractivity contribution in [2.24, 2.45) is 0 Å². The zero-order valence-electron chi connectivity index (χ0n) is 17.0. The van der Waals surface area contributed by atoms with E-state index in [1.165, 1.54) is 17.3 Å². The molecule has 1 aliphatic rings. The van der Waals surface area contributed by atoms with Gasteiger partial charge >= 0.3 is 0 Å². The highest BCUT2D eigenvalue weighted by atomic mass is 32.2. The molecule has 3 heterocycles. The Morgan fingerprint density at radius 3 is 2.67 bits per heavy atom. The Morgan fingerprint density at radius 1 is 1.13 bits per heavy atom. The topological polar surface area (TPSA) is 38.1 Å². The van der Waals surface area contributed by atoms with Gasteiger partial charge in [0.05, 0.1) is 16.8 Å². The molecular formula is C24H23N3OS2. The minimum absolute atomic E-state index is 0.00393. The zero-order valence-corrected chi connectivity index (χ0v) is 18.7. The molecule has 6 heteroatoms. The summed E-state index contributed by atoms with van der Waals surface area (Å²) >= 11 is 6.88. The maximum Gasteiger partial charge on any atom is 0.266 e. The van der Waals surface area contributed by atoms with E-state index in [9.17, 15) is 4.79 Å². The van der Waals surface area contributed by atoms with Crippen LogP contribution in [0.2, 0.25) is 0 Å². The van der Waals surface area contributed by atoms with Crippen LogP contribution in [0.15, 0.2) is 65.8 Å². The average Bonchev–Trinajstić information content (AvgIpc) is 3.18. The Bertz CT molecular complexity index is 1100. The number of thiocarbonyl (C=S) groups is 1. The van der Waals surface area contributed by atoms with E-state index in [0.29, 0.717) is 15.8 Å². The Kier molecular flexibility index (Phi) is 6.16. The summed E-state index contributed by atoms with van der Waals surface area (Å²) < 4.78 is 2.79. The normalized spacial score (nSPS) is 15.4. The lowest BCUT2D eigenvalue weighted by Crippen LogP contribution is -2.29. The van der Waals surface area contributed by atoms with Crippen molar-refractivity contribution in [1.29, 1.82) is 0 Å². The Balaban J connectivity index is 1.50. The van der Waals surface area contributed by atoms with Gasteiger partial charge < -0.3 is 4.57 Å². The average molecular weight is 434 g/mol. The van der Waals surface area contributed by atoms with Gasteiger partial charge in [0.25, 0.3) is 5.91 Å². The SMILES string of the molecule is Cc1cc(C=C2SC(=S)N(CCCc3ccccc3)C2=O)c(C)n1-c1cccnc1. The van der Waals surface area contributed by atoms with Crippen LogP contribution in [-0.2, 0) is 11.2 Å². The van der Waals surface area contributed by atoms with E-state index in [1.54, 1.807) is 11.1 Å². The maximum atomic E-state index is 13.0. The molecule has 0 unspecified atom stereocenters. The van der Waals surface area contributed by atoms with Gasteiger partial charge in [-0.2, -0.15) is 0 Å². The van der Waals surface area contributed by atoms with Crippen molar-refractivity contribution in [1.82, 2.24) is 14.5 Å². The molecule has 4 rings (SSSR count). The molecule has 4 nitrogen and oxygen atoms in total. The molecule has 2 aromatic heterocycles. The molecule has 1 aromatic carbocycles. The second kappa shape index (κ2) is 8.98. The minimum atomic E-state index is 0.00393. The van der Waals surface area contributed by atoms with Crippen molar-refractivity contribution in [3.05, 3.63) is 88.3 Å². The molecule has 0 aliphatic carbocycles. The second-order valence-electron chi connectivity index (χ2n) is 7.30. The highest BCUT2D eigenvalue weighted by molar-refractivity contribution is 8.26. The number of hydrogen-bond donors (Lipinski definition) is 0. The number of thioether (sulfide) groups is 1. The third-order valence-corrected chi connectivity index (χ3v) is 6.60. The lowest BCUT2D eigenvalue weighted by Gasteiger charge is -2.14. The maximum absolute atomic E-state index is 13.0. The first-order valence-corrected chi connectivity index (χ1v) is 11.2. The number of pyridine rings is 1. The molecule has 0 N–H and O–H groups in total. The highest BCUT2D eigenvalue weighted by Crippen LogP contribution is 2.34. The molecule has 3 aromatic rings. The minimum Gasteiger partial charge on any atom is -0.316 e. The third-order valence-electron chi connectivity index (χ3n) is 5.22. The fourth-order valence-electron chi connectivity index (χ4n) is 3.74. The number of aromatic nitrogens is 2. The van der Waals surface area contributed by atoms with E-state index in [2.05, 4.69) is 41.6 Å². The number of amides is 1. The monoisotopic (exact) mass is 433 g/mol. The molecule has 1 fully saturated rings. The second-order valence-corrected chi connectivity index (χ2v) is 8.97. The zero-order chi connectivity index (χ0) is 21.1. The van der Waals surface area contributed by atoms with Crippen molar-refractivity contribution in [3.8, 4) is 5.69 Å². The van der Waals surface area contributed by atoms with Crippen molar-refractivity contribution >= 4 is 40.3 Å². The largest absolute Gasteiger partial charge is 0.316 e. The smallest absolute Gasteiger partial charge is 0.266 e. The van der Waals surface area contributed by atoms with Crippen molar-refractivity contribution in [2.75, 3.05) is 6.54 Å². The standard InChI is InChI=1S/C24H23N3OS2/c1-17-14-20(18(2)27(17)21-11-6-12-25-16-21)15-22-23(28)26(24(29)30-22)13-7-10-19-8-4-3-5-9-19/h3-6,8-9,11-12,14-16H,7,10,13H2,1-2H3. The van der Waals surface area contributed by atoms with Gasteiger partial charge in [0, 0.05) is 24.1 Å². The predicted octanol–water partition coefficient (Wildman–Crippen LogP) is 5.32. The van der Waals surface area contributed by atoms with Crippen LogP contribution < -0.4 is 0 Å². The van der Waals surface area contributed by atoms with Crippen molar-refractivity contribution < 1.29 is 4.79 Å². The Labute approximate surface area is 186 Å². The number of nitrogens with zero attached hydrogens (tertiary/aromatic N) is 3. The summed E-state index contributed by atoms with van der Waals surface area (Å²) in [7, 11) is 0. The van der Waals surface area contributed by atoms with Gasteiger partial charge in [-0.3, -0.25) is 14.7 Å². The molecule has 0 radical (unpaired) electrons. The van der Waals surface area contributed by atoms with Crippen LogP contribution in [0.1, 0.15) is 28.9 Å². The number of hydrogen-bond acceptors (Lipinski definition) is 4. The fraction of sp³-hybridized carbons (Fsp3) is 0.208. The van der Waals surface area contributed by atoms with Crippen LogP contribution in [0.25, 0.3) is 11.8 Å². The molecule has 1 amide bonds. The van der Waals surface area contributed by atoms with Crippen LogP contribution in [0, 0.1) is 13.8 Å². The van der Waals surface area contributed by atoms with Gasteiger partial charge in [0.2, 0.25) is 0 Å². The first-order valence-electron chi connectivity index (χ1n) is 9.93. The number of benzene rings is 1. The molecule has 0 bridgehead atoms. The molecule has 152 valence electrons. The van der Waals surface area contributed by atoms with Crippen molar-refractivity contribution in [2.45, 2.75) is 26.7 Å². The summed E-state index contributed by atoms with van der Waals surface area (Å²) in [4.78, 5) is 19.6. The summed E-state index contributed by atoms with van der Waals surface area (Å²) in [6.45, 7) is 4.77. The first kappa shape index (κ1) is 20.6. The van der Waals surface area contributed by atoms with Crippen LogP contribution >= 0.6 is 24.0 Å². The fourth-order valence-corrected chi connectivity index (χ4v) is 5.04. The summed E-state index contributed by atoms with van der Waals surface area (Å²) in [5, 5.41) is 0. The highest BCUT2D eigenvalue weighted by Gasteiger charge is 2.31. The predicted molar refractivity (Wildman–Crippen MR) is 128 cm³/mol. The van der Waals surface area contributed by atoms with Gasteiger partial charge in [-0.25, -0.2) is 0 Å². The Morgan fingerprint density at radius 2 is 1.93 bits per heavy atom. The van der Waals surface area contributed by atoms with Crippen LogP contribution in [0.4, 0.5) is 0 Å². The van der Waals surface area contributed by atoms with E-state index >= 15 is 0 Å². The third kappa shape index (κ3) is 4.25. The number of carbonyl (C=O) groups is 1. The summed E-state index contributed by atoms with van der Waals surface area (Å²) in [6, 6.07) is 16.4.